The molecule has 0 aliphatic carbocycles. The molecular weight excluding hydrogens is 248 g/mol. The van der Waals surface area contributed by atoms with Crippen LogP contribution in [0.5, 0.6) is 5.75 Å². The molecule has 0 radical (unpaired) electrons. The Morgan fingerprint density at radius 1 is 0.882 bits per heavy atom. The highest BCUT2D eigenvalue weighted by molar-refractivity contribution is 8.05. The first kappa shape index (κ1) is 11.1. The lowest BCUT2D eigenvalue weighted by Gasteiger charge is -2.18. The van der Waals surface area contributed by atoms with Crippen LogP contribution in [-0.4, -0.2) is 6.61 Å². The molecule has 86 valence electrons. The monoisotopic (exact) mass is 260 g/mol. The van der Waals surface area contributed by atoms with E-state index in [1.807, 2.05) is 36.5 Å². The molecule has 0 atom stereocenters. The minimum Gasteiger partial charge on any atom is -0.494 e. The predicted octanol–water partition coefficient (Wildman–Crippen LogP) is 4.70. The molecule has 1 aliphatic rings. The third kappa shape index (κ3) is 2.17. The van der Waals surface area contributed by atoms with Crippen molar-refractivity contribution in [2.24, 2.45) is 0 Å². The van der Waals surface area contributed by atoms with Gasteiger partial charge in [-0.3, -0.25) is 0 Å². The lowest BCUT2D eigenvalue weighted by Crippen LogP contribution is -1.94. The average molecular weight is 260 g/mol. The Hall–Kier alpha value is -1.06. The van der Waals surface area contributed by atoms with Crippen LogP contribution in [-0.2, 0) is 0 Å². The lowest BCUT2D eigenvalue weighted by molar-refractivity contribution is 0.339. The summed E-state index contributed by atoms with van der Waals surface area (Å²) in [7, 11) is 0. The number of hydrogen-bond donors (Lipinski definition) is 0. The molecule has 0 aromatic heterocycles. The third-order valence-corrected chi connectivity index (χ3v) is 5.06. The largest absolute Gasteiger partial charge is 0.494 e. The summed E-state index contributed by atoms with van der Waals surface area (Å²) < 4.78 is 5.54. The Bertz CT molecular complexity index is 552. The predicted molar refractivity (Wildman–Crippen MR) is 72.3 cm³/mol. The standard InChI is InChI=1S/C14H12OS2/c1-2-15-10-7-8-13-14(9-10)17-12-6-4-3-5-11(12)16-13/h3-9H,2H2,1H3. The molecule has 2 aromatic rings. The molecule has 0 unspecified atom stereocenters. The summed E-state index contributed by atoms with van der Waals surface area (Å²) in [6.45, 7) is 2.73. The molecule has 0 amide bonds. The van der Waals surface area contributed by atoms with Gasteiger partial charge in [-0.25, -0.2) is 0 Å². The highest BCUT2D eigenvalue weighted by Crippen LogP contribution is 2.49. The quantitative estimate of drug-likeness (QED) is 0.661. The van der Waals surface area contributed by atoms with Crippen LogP contribution < -0.4 is 4.74 Å². The van der Waals surface area contributed by atoms with Gasteiger partial charge in [0, 0.05) is 19.6 Å². The maximum absolute atomic E-state index is 5.54. The second kappa shape index (κ2) is 4.67. The van der Waals surface area contributed by atoms with Gasteiger partial charge in [-0.15, -0.1) is 0 Å². The highest BCUT2D eigenvalue weighted by atomic mass is 32.2. The maximum Gasteiger partial charge on any atom is 0.120 e. The van der Waals surface area contributed by atoms with Gasteiger partial charge >= 0.3 is 0 Å². The van der Waals surface area contributed by atoms with Crippen molar-refractivity contribution < 1.29 is 4.74 Å². The second-order valence-corrected chi connectivity index (χ2v) is 5.86. The van der Waals surface area contributed by atoms with E-state index in [1.165, 1.54) is 19.6 Å². The third-order valence-electron chi connectivity index (χ3n) is 2.52. The van der Waals surface area contributed by atoms with Gasteiger partial charge in [0.15, 0.2) is 0 Å². The van der Waals surface area contributed by atoms with Gasteiger partial charge in [0.05, 0.1) is 6.61 Å². The van der Waals surface area contributed by atoms with E-state index in [2.05, 4.69) is 36.4 Å². The Balaban J connectivity index is 1.97. The summed E-state index contributed by atoms with van der Waals surface area (Å²) in [4.78, 5) is 5.28. The van der Waals surface area contributed by atoms with Crippen LogP contribution in [0.4, 0.5) is 0 Å². The van der Waals surface area contributed by atoms with Gasteiger partial charge in [-0.1, -0.05) is 35.7 Å². The van der Waals surface area contributed by atoms with Crippen LogP contribution in [0, 0.1) is 0 Å². The SMILES string of the molecule is CCOc1ccc2c(c1)Sc1ccccc1S2. The molecular formula is C14H12OS2. The molecule has 0 saturated carbocycles. The fourth-order valence-corrected chi connectivity index (χ4v) is 4.01. The van der Waals surface area contributed by atoms with E-state index in [-0.39, 0.29) is 0 Å². The van der Waals surface area contributed by atoms with Gasteiger partial charge in [0.25, 0.3) is 0 Å². The summed E-state index contributed by atoms with van der Waals surface area (Å²) in [5.74, 6) is 0.957. The van der Waals surface area contributed by atoms with E-state index in [9.17, 15) is 0 Å². The lowest BCUT2D eigenvalue weighted by atomic mass is 10.3. The second-order valence-electron chi connectivity index (χ2n) is 3.69. The molecule has 0 spiro atoms. The van der Waals surface area contributed by atoms with Crippen LogP contribution in [0.25, 0.3) is 0 Å². The van der Waals surface area contributed by atoms with Gasteiger partial charge in [-0.2, -0.15) is 0 Å². The van der Waals surface area contributed by atoms with Crippen LogP contribution in [0.15, 0.2) is 62.0 Å². The van der Waals surface area contributed by atoms with Gasteiger partial charge in [0.1, 0.15) is 5.75 Å². The number of ether oxygens (including phenoxy) is 1. The van der Waals surface area contributed by atoms with Crippen molar-refractivity contribution in [2.45, 2.75) is 26.5 Å². The maximum atomic E-state index is 5.54. The molecule has 3 rings (SSSR count). The summed E-state index contributed by atoms with van der Waals surface area (Å²) in [5.41, 5.74) is 0. The van der Waals surface area contributed by atoms with Crippen molar-refractivity contribution in [3.63, 3.8) is 0 Å². The van der Waals surface area contributed by atoms with E-state index < -0.39 is 0 Å². The van der Waals surface area contributed by atoms with E-state index >= 15 is 0 Å². The van der Waals surface area contributed by atoms with Crippen molar-refractivity contribution in [3.8, 4) is 5.75 Å². The Morgan fingerprint density at radius 3 is 2.24 bits per heavy atom. The summed E-state index contributed by atoms with van der Waals surface area (Å²) >= 11 is 3.65. The molecule has 0 fully saturated rings. The zero-order valence-electron chi connectivity index (χ0n) is 9.47. The van der Waals surface area contributed by atoms with Gasteiger partial charge in [0.2, 0.25) is 0 Å². The van der Waals surface area contributed by atoms with Crippen molar-refractivity contribution in [3.05, 3.63) is 42.5 Å². The molecule has 1 nitrogen and oxygen atoms in total. The van der Waals surface area contributed by atoms with E-state index in [0.29, 0.717) is 6.61 Å². The molecule has 0 N–H and O–H groups in total. The number of hydrogen-bond acceptors (Lipinski definition) is 3. The summed E-state index contributed by atoms with van der Waals surface area (Å²) in [6.07, 6.45) is 0. The van der Waals surface area contributed by atoms with Crippen LogP contribution in [0.3, 0.4) is 0 Å². The highest BCUT2D eigenvalue weighted by Gasteiger charge is 2.16. The smallest absolute Gasteiger partial charge is 0.120 e. The van der Waals surface area contributed by atoms with E-state index in [1.54, 1.807) is 0 Å². The fourth-order valence-electron chi connectivity index (χ4n) is 1.76. The zero-order valence-corrected chi connectivity index (χ0v) is 11.1. The molecule has 2 aromatic carbocycles. The molecule has 3 heteroatoms. The number of fused-ring (bicyclic) bond motifs is 2. The Labute approximate surface area is 110 Å². The molecule has 1 aliphatic heterocycles. The summed E-state index contributed by atoms with van der Waals surface area (Å²) in [6, 6.07) is 14.8. The first-order valence-corrected chi connectivity index (χ1v) is 7.21. The van der Waals surface area contributed by atoms with Gasteiger partial charge < -0.3 is 4.74 Å². The van der Waals surface area contributed by atoms with Crippen molar-refractivity contribution in [2.75, 3.05) is 6.61 Å². The zero-order chi connectivity index (χ0) is 11.7. The van der Waals surface area contributed by atoms with Crippen LogP contribution in [0.1, 0.15) is 6.92 Å². The minimum atomic E-state index is 0.715. The van der Waals surface area contributed by atoms with Gasteiger partial charge in [-0.05, 0) is 37.3 Å². The van der Waals surface area contributed by atoms with Crippen LogP contribution >= 0.6 is 23.5 Å². The molecule has 1 heterocycles. The van der Waals surface area contributed by atoms with E-state index in [0.717, 1.165) is 5.75 Å². The number of rotatable bonds is 2. The Morgan fingerprint density at radius 2 is 1.53 bits per heavy atom. The first-order valence-electron chi connectivity index (χ1n) is 5.58. The van der Waals surface area contributed by atoms with E-state index in [4.69, 9.17) is 4.74 Å². The summed E-state index contributed by atoms with van der Waals surface area (Å²) in [5, 5.41) is 0. The molecule has 17 heavy (non-hydrogen) atoms. The van der Waals surface area contributed by atoms with Crippen LogP contribution in [0.2, 0.25) is 0 Å². The molecule has 0 saturated heterocycles. The Kier molecular flexibility index (Phi) is 3.04. The average Bonchev–Trinajstić information content (AvgIpc) is 2.36. The first-order chi connectivity index (χ1) is 8.36. The van der Waals surface area contributed by atoms with Crippen molar-refractivity contribution in [1.82, 2.24) is 0 Å². The fraction of sp³-hybridized carbons (Fsp3) is 0.143. The van der Waals surface area contributed by atoms with Crippen molar-refractivity contribution in [1.29, 1.82) is 0 Å². The minimum absolute atomic E-state index is 0.715. The topological polar surface area (TPSA) is 9.23 Å². The molecule has 0 bridgehead atoms. The van der Waals surface area contributed by atoms with Crippen molar-refractivity contribution >= 4 is 23.5 Å². The number of benzene rings is 2. The normalized spacial score (nSPS) is 12.8.